The van der Waals surface area contributed by atoms with Crippen LogP contribution in [0.5, 0.6) is 0 Å². The molecule has 1 unspecified atom stereocenters. The van der Waals surface area contributed by atoms with E-state index in [0.717, 1.165) is 12.8 Å². The third-order valence-electron chi connectivity index (χ3n) is 5.66. The Balaban J connectivity index is 2.00. The highest BCUT2D eigenvalue weighted by Gasteiger charge is 2.38. The van der Waals surface area contributed by atoms with Crippen molar-refractivity contribution < 1.29 is 33.3 Å². The summed E-state index contributed by atoms with van der Waals surface area (Å²) < 4.78 is 24.2. The summed E-state index contributed by atoms with van der Waals surface area (Å²) in [4.78, 5) is 37.7. The zero-order chi connectivity index (χ0) is 25.4. The topological polar surface area (TPSA) is 122 Å². The van der Waals surface area contributed by atoms with Crippen LogP contribution in [0.25, 0.3) is 0 Å². The zero-order valence-corrected chi connectivity index (χ0v) is 21.4. The summed E-state index contributed by atoms with van der Waals surface area (Å²) in [6.45, 7) is 6.49. The van der Waals surface area contributed by atoms with Crippen LogP contribution in [0.2, 0.25) is 0 Å². The van der Waals surface area contributed by atoms with Crippen LogP contribution in [0, 0.1) is 5.41 Å². The Morgan fingerprint density at radius 2 is 1.88 bits per heavy atom. The molecule has 34 heavy (non-hydrogen) atoms. The molecule has 2 rings (SSSR count). The number of ether oxygens (including phenoxy) is 1. The number of hydrogen-bond acceptors (Lipinski definition) is 6. The molecule has 3 atom stereocenters. The number of nitrogens with zero attached hydrogens (tertiary/aromatic N) is 1. The van der Waals surface area contributed by atoms with Gasteiger partial charge in [0.1, 0.15) is 6.04 Å². The largest absolute Gasteiger partial charge is 0.480 e. The van der Waals surface area contributed by atoms with E-state index in [9.17, 15) is 24.1 Å². The molecule has 1 amide bonds. The number of esters is 1. The smallest absolute Gasteiger partial charge is 0.326 e. The number of rotatable bonds is 12. The van der Waals surface area contributed by atoms with E-state index in [-0.39, 0.29) is 6.16 Å². The molecule has 0 saturated carbocycles. The molecule has 1 saturated heterocycles. The highest BCUT2D eigenvalue weighted by Crippen LogP contribution is 2.44. The number of likely N-dealkylation sites (tertiary alicyclic amines) is 1. The van der Waals surface area contributed by atoms with Crippen LogP contribution in [-0.2, 0) is 34.6 Å². The molecule has 0 aromatic heterocycles. The SMILES string of the molecule is C[C@H](NP(=O)(CCCCc1ccccc1)OCOC(=O)C(C)(C)C)C(=O)N1CCC[C@H]1C(=O)O. The Kier molecular flexibility index (Phi) is 10.3. The van der Waals surface area contributed by atoms with Crippen LogP contribution in [-0.4, -0.2) is 59.4 Å². The Labute approximate surface area is 201 Å². The summed E-state index contributed by atoms with van der Waals surface area (Å²) in [6, 6.07) is 8.12. The van der Waals surface area contributed by atoms with Crippen LogP contribution in [0.15, 0.2) is 30.3 Å². The highest BCUT2D eigenvalue weighted by atomic mass is 31.2. The summed E-state index contributed by atoms with van der Waals surface area (Å²) >= 11 is 0. The molecule has 0 radical (unpaired) electrons. The second-order valence-electron chi connectivity index (χ2n) is 9.65. The first-order valence-electron chi connectivity index (χ1n) is 11.7. The second-order valence-corrected chi connectivity index (χ2v) is 12.0. The molecule has 1 aliphatic rings. The Morgan fingerprint density at radius 3 is 2.50 bits per heavy atom. The molecule has 1 aromatic rings. The standard InChI is InChI=1S/C24H37N2O7P/c1-18(21(27)26-15-10-14-20(26)22(28)29)25-34(31,33-17-32-23(30)24(2,3)4)16-9-8-13-19-11-6-5-7-12-19/h5-7,11-12,18,20H,8-10,13-17H2,1-4H3,(H,25,31)(H,28,29)/t18-,20-,34?/m0/s1. The van der Waals surface area contributed by atoms with E-state index in [0.29, 0.717) is 25.8 Å². The van der Waals surface area contributed by atoms with Crippen molar-refractivity contribution in [3.8, 4) is 0 Å². The average Bonchev–Trinajstić information content (AvgIpc) is 3.26. The third kappa shape index (κ3) is 8.53. The number of aryl methyl sites for hydroxylation is 1. The van der Waals surface area contributed by atoms with Crippen molar-refractivity contribution in [3.63, 3.8) is 0 Å². The molecule has 1 fully saturated rings. The monoisotopic (exact) mass is 496 g/mol. The van der Waals surface area contributed by atoms with Gasteiger partial charge in [0, 0.05) is 12.7 Å². The summed E-state index contributed by atoms with van der Waals surface area (Å²) in [5.41, 5.74) is 0.434. The number of aliphatic carboxylic acids is 1. The molecular weight excluding hydrogens is 459 g/mol. The second kappa shape index (κ2) is 12.5. The minimum Gasteiger partial charge on any atom is -0.480 e. The molecule has 1 heterocycles. The van der Waals surface area contributed by atoms with E-state index in [1.54, 1.807) is 27.7 Å². The molecule has 1 aliphatic heterocycles. The van der Waals surface area contributed by atoms with Gasteiger partial charge in [-0.3, -0.25) is 18.7 Å². The maximum absolute atomic E-state index is 13.6. The number of amides is 1. The Bertz CT molecular complexity index is 885. The quantitative estimate of drug-likeness (QED) is 0.194. The fraction of sp³-hybridized carbons (Fsp3) is 0.625. The lowest BCUT2D eigenvalue weighted by Crippen LogP contribution is -2.48. The number of nitrogens with one attached hydrogen (secondary N) is 1. The number of carboxylic acids is 1. The van der Waals surface area contributed by atoms with Crippen LogP contribution in [0.3, 0.4) is 0 Å². The van der Waals surface area contributed by atoms with Gasteiger partial charge in [0.2, 0.25) is 5.91 Å². The minimum absolute atomic E-state index is 0.146. The molecule has 0 bridgehead atoms. The molecule has 190 valence electrons. The van der Waals surface area contributed by atoms with E-state index in [1.165, 1.54) is 10.5 Å². The molecule has 2 N–H and O–H groups in total. The number of carbonyl (C=O) groups excluding carboxylic acids is 2. The van der Waals surface area contributed by atoms with E-state index < -0.39 is 49.7 Å². The first-order chi connectivity index (χ1) is 15.9. The maximum atomic E-state index is 13.6. The summed E-state index contributed by atoms with van der Waals surface area (Å²) in [5.74, 6) is -1.98. The van der Waals surface area contributed by atoms with Crippen molar-refractivity contribution in [2.24, 2.45) is 5.41 Å². The molecule has 1 aromatic carbocycles. The average molecular weight is 497 g/mol. The van der Waals surface area contributed by atoms with Crippen LogP contribution in [0.1, 0.15) is 58.9 Å². The van der Waals surface area contributed by atoms with Crippen molar-refractivity contribution in [2.45, 2.75) is 71.9 Å². The number of hydrogen-bond donors (Lipinski definition) is 2. The Hall–Kier alpha value is -2.22. The van der Waals surface area contributed by atoms with Crippen molar-refractivity contribution >= 4 is 25.4 Å². The lowest BCUT2D eigenvalue weighted by molar-refractivity contribution is -0.159. The van der Waals surface area contributed by atoms with Gasteiger partial charge in [0.15, 0.2) is 6.79 Å². The van der Waals surface area contributed by atoms with Crippen molar-refractivity contribution in [1.29, 1.82) is 0 Å². The number of benzene rings is 1. The number of carbonyl (C=O) groups is 3. The summed E-state index contributed by atoms with van der Waals surface area (Å²) in [5, 5.41) is 12.2. The van der Waals surface area contributed by atoms with E-state index in [4.69, 9.17) is 9.26 Å². The fourth-order valence-electron chi connectivity index (χ4n) is 3.73. The zero-order valence-electron chi connectivity index (χ0n) is 20.5. The molecule has 0 aliphatic carbocycles. The van der Waals surface area contributed by atoms with Gasteiger partial charge < -0.3 is 14.7 Å². The van der Waals surface area contributed by atoms with Crippen LogP contribution in [0.4, 0.5) is 0 Å². The number of carboxylic acid groups (broad SMARTS) is 1. The molecule has 9 nitrogen and oxygen atoms in total. The van der Waals surface area contributed by atoms with Gasteiger partial charge in [-0.15, -0.1) is 0 Å². The lowest BCUT2D eigenvalue weighted by atomic mass is 9.98. The lowest BCUT2D eigenvalue weighted by Gasteiger charge is -2.28. The molecule has 10 heteroatoms. The van der Waals surface area contributed by atoms with Gasteiger partial charge in [-0.2, -0.15) is 0 Å². The predicted molar refractivity (Wildman–Crippen MR) is 128 cm³/mol. The van der Waals surface area contributed by atoms with Crippen LogP contribution >= 0.6 is 7.52 Å². The van der Waals surface area contributed by atoms with Crippen molar-refractivity contribution in [2.75, 3.05) is 19.5 Å². The van der Waals surface area contributed by atoms with Gasteiger partial charge in [-0.25, -0.2) is 9.88 Å². The van der Waals surface area contributed by atoms with Gasteiger partial charge >= 0.3 is 11.9 Å². The van der Waals surface area contributed by atoms with Gasteiger partial charge in [-0.1, -0.05) is 30.3 Å². The Morgan fingerprint density at radius 1 is 1.21 bits per heavy atom. The van der Waals surface area contributed by atoms with E-state index in [1.807, 2.05) is 30.3 Å². The van der Waals surface area contributed by atoms with Crippen LogP contribution < -0.4 is 5.09 Å². The van der Waals surface area contributed by atoms with E-state index >= 15 is 0 Å². The minimum atomic E-state index is -3.57. The van der Waals surface area contributed by atoms with Gasteiger partial charge in [0.25, 0.3) is 7.52 Å². The van der Waals surface area contributed by atoms with Crippen molar-refractivity contribution in [1.82, 2.24) is 9.99 Å². The summed E-state index contributed by atoms with van der Waals surface area (Å²) in [6.07, 6.45) is 3.27. The predicted octanol–water partition coefficient (Wildman–Crippen LogP) is 3.82. The normalized spacial score (nSPS) is 18.8. The van der Waals surface area contributed by atoms with Gasteiger partial charge in [-0.05, 0) is 65.4 Å². The van der Waals surface area contributed by atoms with Crippen molar-refractivity contribution in [3.05, 3.63) is 35.9 Å². The van der Waals surface area contributed by atoms with E-state index in [2.05, 4.69) is 5.09 Å². The highest BCUT2D eigenvalue weighted by molar-refractivity contribution is 7.56. The molecule has 0 spiro atoms. The van der Waals surface area contributed by atoms with Gasteiger partial charge in [0.05, 0.1) is 11.5 Å². The maximum Gasteiger partial charge on any atom is 0.326 e. The fourth-order valence-corrected chi connectivity index (χ4v) is 5.62. The number of unbranched alkanes of at least 4 members (excludes halogenated alkanes) is 1. The third-order valence-corrected chi connectivity index (χ3v) is 7.86. The first kappa shape index (κ1) is 28.0. The summed E-state index contributed by atoms with van der Waals surface area (Å²) in [7, 11) is -3.57. The molecular formula is C24H37N2O7P. The first-order valence-corrected chi connectivity index (χ1v) is 13.5.